The summed E-state index contributed by atoms with van der Waals surface area (Å²) in [5.41, 5.74) is 6.05. The first kappa shape index (κ1) is 24.2. The summed E-state index contributed by atoms with van der Waals surface area (Å²) in [6, 6.07) is 7.66. The lowest BCUT2D eigenvalue weighted by atomic mass is 10.2. The van der Waals surface area contributed by atoms with E-state index in [2.05, 4.69) is 4.98 Å². The van der Waals surface area contributed by atoms with Gasteiger partial charge in [0.25, 0.3) is 5.56 Å². The van der Waals surface area contributed by atoms with Crippen LogP contribution in [0.3, 0.4) is 0 Å². The second-order valence-corrected chi connectivity index (χ2v) is 7.29. The highest BCUT2D eigenvalue weighted by molar-refractivity contribution is 5.96. The molecule has 1 amide bonds. The molecule has 1 aromatic heterocycles. The van der Waals surface area contributed by atoms with Crippen LogP contribution in [-0.4, -0.2) is 47.1 Å². The SMILES string of the molecule is CCCCn1c(N)c(N(CC)C(=O)CN(CC)Cc2ccc(OC)cc2)c(=O)[nH]c1=O. The van der Waals surface area contributed by atoms with Crippen molar-refractivity contribution < 1.29 is 9.53 Å². The molecule has 2 aromatic rings. The molecule has 170 valence electrons. The van der Waals surface area contributed by atoms with Crippen molar-refractivity contribution in [2.24, 2.45) is 0 Å². The Hall–Kier alpha value is -3.07. The van der Waals surface area contributed by atoms with E-state index in [-0.39, 0.29) is 30.5 Å². The standard InChI is InChI=1S/C22H33N5O4/c1-5-8-13-27-20(23)19(21(29)24-22(27)30)26(7-3)18(28)15-25(6-2)14-16-9-11-17(31-4)12-10-16/h9-12H,5-8,13-15,23H2,1-4H3,(H,24,29,30). The first-order chi connectivity index (χ1) is 14.9. The van der Waals surface area contributed by atoms with E-state index in [1.165, 1.54) is 9.47 Å². The van der Waals surface area contributed by atoms with E-state index in [1.807, 2.05) is 43.0 Å². The number of aromatic nitrogens is 2. The molecule has 3 N–H and O–H groups in total. The van der Waals surface area contributed by atoms with Crippen LogP contribution < -0.4 is 26.6 Å². The van der Waals surface area contributed by atoms with E-state index in [9.17, 15) is 14.4 Å². The van der Waals surface area contributed by atoms with Crippen molar-refractivity contribution >= 4 is 17.4 Å². The van der Waals surface area contributed by atoms with E-state index in [0.717, 1.165) is 24.2 Å². The van der Waals surface area contributed by atoms with Crippen LogP contribution in [0.4, 0.5) is 11.5 Å². The van der Waals surface area contributed by atoms with Gasteiger partial charge in [0.2, 0.25) is 5.91 Å². The number of hydrogen-bond acceptors (Lipinski definition) is 6. The monoisotopic (exact) mass is 431 g/mol. The third-order valence-electron chi connectivity index (χ3n) is 5.21. The Bertz CT molecular complexity index is 981. The van der Waals surface area contributed by atoms with Crippen molar-refractivity contribution in [3.8, 4) is 5.75 Å². The lowest BCUT2D eigenvalue weighted by Crippen LogP contribution is -2.45. The summed E-state index contributed by atoms with van der Waals surface area (Å²) < 4.78 is 6.51. The van der Waals surface area contributed by atoms with Crippen LogP contribution in [-0.2, 0) is 17.9 Å². The largest absolute Gasteiger partial charge is 0.497 e. The number of anilines is 2. The van der Waals surface area contributed by atoms with E-state index < -0.39 is 11.2 Å². The predicted octanol–water partition coefficient (Wildman–Crippen LogP) is 1.80. The van der Waals surface area contributed by atoms with Crippen molar-refractivity contribution in [1.82, 2.24) is 14.5 Å². The zero-order valence-corrected chi connectivity index (χ0v) is 18.8. The van der Waals surface area contributed by atoms with E-state index in [0.29, 0.717) is 19.6 Å². The number of aromatic amines is 1. The molecule has 1 aromatic carbocycles. The van der Waals surface area contributed by atoms with Gasteiger partial charge in [0.1, 0.15) is 11.6 Å². The molecule has 0 unspecified atom stereocenters. The van der Waals surface area contributed by atoms with E-state index >= 15 is 0 Å². The lowest BCUT2D eigenvalue weighted by molar-refractivity contribution is -0.119. The molecule has 0 saturated heterocycles. The third-order valence-corrected chi connectivity index (χ3v) is 5.21. The second kappa shape index (κ2) is 11.4. The summed E-state index contributed by atoms with van der Waals surface area (Å²) in [7, 11) is 1.62. The number of hydrogen-bond donors (Lipinski definition) is 2. The third kappa shape index (κ3) is 5.97. The van der Waals surface area contributed by atoms with Gasteiger partial charge in [-0.05, 0) is 37.6 Å². The van der Waals surface area contributed by atoms with Gasteiger partial charge in [-0.25, -0.2) is 4.79 Å². The normalized spacial score (nSPS) is 11.0. The van der Waals surface area contributed by atoms with Gasteiger partial charge < -0.3 is 15.4 Å². The van der Waals surface area contributed by atoms with Gasteiger partial charge in [-0.1, -0.05) is 32.4 Å². The summed E-state index contributed by atoms with van der Waals surface area (Å²) in [5.74, 6) is 0.541. The summed E-state index contributed by atoms with van der Waals surface area (Å²) in [6.45, 7) is 7.73. The highest BCUT2D eigenvalue weighted by Crippen LogP contribution is 2.18. The molecule has 0 spiro atoms. The fourth-order valence-corrected chi connectivity index (χ4v) is 3.38. The fourth-order valence-electron chi connectivity index (χ4n) is 3.38. The van der Waals surface area contributed by atoms with Crippen LogP contribution >= 0.6 is 0 Å². The Morgan fingerprint density at radius 2 is 1.81 bits per heavy atom. The number of ether oxygens (including phenoxy) is 1. The van der Waals surface area contributed by atoms with Gasteiger partial charge in [0.05, 0.1) is 13.7 Å². The maximum atomic E-state index is 13.1. The highest BCUT2D eigenvalue weighted by Gasteiger charge is 2.24. The van der Waals surface area contributed by atoms with Crippen LogP contribution in [0.25, 0.3) is 0 Å². The lowest BCUT2D eigenvalue weighted by Gasteiger charge is -2.27. The maximum absolute atomic E-state index is 13.1. The Balaban J connectivity index is 2.25. The van der Waals surface area contributed by atoms with Crippen molar-refractivity contribution in [2.75, 3.05) is 37.4 Å². The number of likely N-dealkylation sites (N-methyl/N-ethyl adjacent to an activating group) is 2. The minimum absolute atomic E-state index is 0.0237. The number of nitrogen functional groups attached to an aromatic ring is 1. The summed E-state index contributed by atoms with van der Waals surface area (Å²) >= 11 is 0. The molecule has 0 atom stereocenters. The van der Waals surface area contributed by atoms with Gasteiger partial charge in [-0.2, -0.15) is 0 Å². The molecular formula is C22H33N5O4. The highest BCUT2D eigenvalue weighted by atomic mass is 16.5. The minimum Gasteiger partial charge on any atom is -0.497 e. The van der Waals surface area contributed by atoms with Crippen LogP contribution in [0.5, 0.6) is 5.75 Å². The summed E-state index contributed by atoms with van der Waals surface area (Å²) in [4.78, 5) is 43.5. The average molecular weight is 432 g/mol. The molecule has 0 aliphatic carbocycles. The molecule has 31 heavy (non-hydrogen) atoms. The number of carbonyl (C=O) groups is 1. The summed E-state index contributed by atoms with van der Waals surface area (Å²) in [6.07, 6.45) is 1.61. The van der Waals surface area contributed by atoms with Gasteiger partial charge in [-0.3, -0.25) is 24.0 Å². The first-order valence-corrected chi connectivity index (χ1v) is 10.6. The number of unbranched alkanes of at least 4 members (excludes halogenated alkanes) is 1. The zero-order valence-electron chi connectivity index (χ0n) is 18.8. The Labute approximate surface area is 182 Å². The second-order valence-electron chi connectivity index (χ2n) is 7.29. The summed E-state index contributed by atoms with van der Waals surface area (Å²) in [5, 5.41) is 0. The molecule has 2 rings (SSSR count). The van der Waals surface area contributed by atoms with Gasteiger partial charge in [0.15, 0.2) is 5.69 Å². The number of carbonyl (C=O) groups excluding carboxylic acids is 1. The minimum atomic E-state index is -0.649. The van der Waals surface area contributed by atoms with Crippen LogP contribution in [0.2, 0.25) is 0 Å². The number of rotatable bonds is 11. The molecule has 9 heteroatoms. The van der Waals surface area contributed by atoms with E-state index in [1.54, 1.807) is 14.0 Å². The fraction of sp³-hybridized carbons (Fsp3) is 0.500. The van der Waals surface area contributed by atoms with Gasteiger partial charge in [-0.15, -0.1) is 0 Å². The van der Waals surface area contributed by atoms with Crippen LogP contribution in [0, 0.1) is 0 Å². The van der Waals surface area contributed by atoms with Gasteiger partial charge >= 0.3 is 5.69 Å². The number of nitrogens with zero attached hydrogens (tertiary/aromatic N) is 3. The smallest absolute Gasteiger partial charge is 0.330 e. The molecule has 0 bridgehead atoms. The van der Waals surface area contributed by atoms with Crippen molar-refractivity contribution in [1.29, 1.82) is 0 Å². The molecule has 0 fully saturated rings. The number of H-pyrrole nitrogens is 1. The number of benzene rings is 1. The Morgan fingerprint density at radius 1 is 1.13 bits per heavy atom. The molecule has 0 aliphatic rings. The maximum Gasteiger partial charge on any atom is 0.330 e. The van der Waals surface area contributed by atoms with E-state index in [4.69, 9.17) is 10.5 Å². The number of methoxy groups -OCH3 is 1. The number of nitrogens with two attached hydrogens (primary N) is 1. The average Bonchev–Trinajstić information content (AvgIpc) is 2.76. The van der Waals surface area contributed by atoms with Crippen LogP contribution in [0.15, 0.2) is 33.9 Å². The molecular weight excluding hydrogens is 398 g/mol. The van der Waals surface area contributed by atoms with Crippen molar-refractivity contribution in [2.45, 2.75) is 46.7 Å². The van der Waals surface area contributed by atoms with Crippen molar-refractivity contribution in [3.63, 3.8) is 0 Å². The molecule has 9 nitrogen and oxygen atoms in total. The molecule has 0 saturated carbocycles. The number of nitrogens with one attached hydrogen (secondary N) is 1. The quantitative estimate of drug-likeness (QED) is 0.561. The topological polar surface area (TPSA) is 114 Å². The molecule has 0 radical (unpaired) electrons. The first-order valence-electron chi connectivity index (χ1n) is 10.6. The Morgan fingerprint density at radius 3 is 2.35 bits per heavy atom. The van der Waals surface area contributed by atoms with Crippen molar-refractivity contribution in [3.05, 3.63) is 50.7 Å². The van der Waals surface area contributed by atoms with Gasteiger partial charge in [0, 0.05) is 19.6 Å². The Kier molecular flexibility index (Phi) is 8.87. The molecule has 1 heterocycles. The van der Waals surface area contributed by atoms with Crippen LogP contribution in [0.1, 0.15) is 39.2 Å². The predicted molar refractivity (Wildman–Crippen MR) is 123 cm³/mol. The number of amides is 1. The zero-order chi connectivity index (χ0) is 23.0. The molecule has 0 aliphatic heterocycles.